The van der Waals surface area contributed by atoms with E-state index in [1.54, 1.807) is 24.3 Å². The van der Waals surface area contributed by atoms with E-state index in [1.165, 1.54) is 0 Å². The molecule has 2 aromatic rings. The molecule has 2 aromatic carbocycles. The topological polar surface area (TPSA) is 17.1 Å². The lowest BCUT2D eigenvalue weighted by molar-refractivity contribution is 0.0993. The van der Waals surface area contributed by atoms with Crippen molar-refractivity contribution in [2.75, 3.05) is 0 Å². The molecule has 0 aliphatic carbocycles. The zero-order valence-electron chi connectivity index (χ0n) is 9.61. The molecule has 17 heavy (non-hydrogen) atoms. The molecular formula is C15H13ClO. The summed E-state index contributed by atoms with van der Waals surface area (Å²) in [5, 5.41) is 0.650. The fraction of sp³-hybridized carbons (Fsp3) is 0.133. The van der Waals surface area contributed by atoms with Gasteiger partial charge in [-0.15, -0.1) is 0 Å². The Morgan fingerprint density at radius 1 is 1.06 bits per heavy atom. The monoisotopic (exact) mass is 244 g/mol. The van der Waals surface area contributed by atoms with Crippen LogP contribution in [0.1, 0.15) is 21.5 Å². The van der Waals surface area contributed by atoms with Crippen molar-refractivity contribution in [3.8, 4) is 0 Å². The van der Waals surface area contributed by atoms with Crippen molar-refractivity contribution >= 4 is 17.4 Å². The van der Waals surface area contributed by atoms with Crippen LogP contribution in [0.25, 0.3) is 0 Å². The third kappa shape index (κ3) is 2.95. The molecule has 0 amide bonds. The number of hydrogen-bond donors (Lipinski definition) is 0. The van der Waals surface area contributed by atoms with Crippen molar-refractivity contribution in [3.63, 3.8) is 0 Å². The second kappa shape index (κ2) is 5.15. The molecule has 86 valence electrons. The van der Waals surface area contributed by atoms with Crippen LogP contribution in [-0.4, -0.2) is 5.78 Å². The maximum Gasteiger partial charge on any atom is 0.167 e. The predicted octanol–water partition coefficient (Wildman–Crippen LogP) is 4.07. The number of Topliss-reactive ketones (excluding diaryl/α,β-unsaturated/α-hetero) is 1. The van der Waals surface area contributed by atoms with Gasteiger partial charge in [0.25, 0.3) is 0 Å². The zero-order chi connectivity index (χ0) is 12.3. The van der Waals surface area contributed by atoms with Crippen molar-refractivity contribution in [2.24, 2.45) is 0 Å². The normalized spacial score (nSPS) is 10.2. The fourth-order valence-electron chi connectivity index (χ4n) is 1.72. The summed E-state index contributed by atoms with van der Waals surface area (Å²) in [7, 11) is 0. The van der Waals surface area contributed by atoms with Crippen LogP contribution in [0.15, 0.2) is 48.5 Å². The molecule has 0 N–H and O–H groups in total. The zero-order valence-corrected chi connectivity index (χ0v) is 10.4. The number of benzene rings is 2. The molecule has 1 nitrogen and oxygen atoms in total. The van der Waals surface area contributed by atoms with Gasteiger partial charge in [-0.2, -0.15) is 0 Å². The Morgan fingerprint density at radius 2 is 1.71 bits per heavy atom. The van der Waals surface area contributed by atoms with E-state index in [9.17, 15) is 4.79 Å². The largest absolute Gasteiger partial charge is 0.294 e. The van der Waals surface area contributed by atoms with Gasteiger partial charge < -0.3 is 0 Å². The molecule has 0 atom stereocenters. The molecule has 0 heterocycles. The van der Waals surface area contributed by atoms with Gasteiger partial charge in [-0.25, -0.2) is 0 Å². The molecule has 0 saturated carbocycles. The van der Waals surface area contributed by atoms with Gasteiger partial charge >= 0.3 is 0 Å². The van der Waals surface area contributed by atoms with Crippen LogP contribution in [-0.2, 0) is 6.42 Å². The number of carbonyl (C=O) groups excluding carboxylic acids is 1. The minimum atomic E-state index is 0.121. The summed E-state index contributed by atoms with van der Waals surface area (Å²) in [6.07, 6.45) is 0.439. The van der Waals surface area contributed by atoms with E-state index in [-0.39, 0.29) is 5.78 Å². The van der Waals surface area contributed by atoms with Crippen LogP contribution in [0, 0.1) is 6.92 Å². The van der Waals surface area contributed by atoms with Crippen molar-refractivity contribution in [2.45, 2.75) is 13.3 Å². The van der Waals surface area contributed by atoms with Gasteiger partial charge in [0.15, 0.2) is 5.78 Å². The van der Waals surface area contributed by atoms with E-state index in [1.807, 2.05) is 31.2 Å². The molecule has 0 unspecified atom stereocenters. The smallest absolute Gasteiger partial charge is 0.167 e. The molecule has 0 fully saturated rings. The maximum absolute atomic E-state index is 12.0. The summed E-state index contributed by atoms with van der Waals surface area (Å²) in [4.78, 5) is 12.0. The van der Waals surface area contributed by atoms with Crippen LogP contribution in [0.3, 0.4) is 0 Å². The van der Waals surface area contributed by atoms with Gasteiger partial charge in [0.05, 0.1) is 0 Å². The Balaban J connectivity index is 2.17. The molecule has 2 heteroatoms. The minimum absolute atomic E-state index is 0.121. The summed E-state index contributed by atoms with van der Waals surface area (Å²) in [5.41, 5.74) is 2.93. The summed E-state index contributed by atoms with van der Waals surface area (Å²) >= 11 is 5.79. The van der Waals surface area contributed by atoms with E-state index in [0.29, 0.717) is 17.0 Å². The van der Waals surface area contributed by atoms with Gasteiger partial charge in [-0.1, -0.05) is 35.9 Å². The van der Waals surface area contributed by atoms with Crippen molar-refractivity contribution in [3.05, 3.63) is 70.2 Å². The first-order valence-electron chi connectivity index (χ1n) is 5.50. The first-order chi connectivity index (χ1) is 8.16. The number of rotatable bonds is 3. The van der Waals surface area contributed by atoms with Crippen molar-refractivity contribution in [1.29, 1.82) is 0 Å². The highest BCUT2D eigenvalue weighted by molar-refractivity contribution is 6.30. The minimum Gasteiger partial charge on any atom is -0.294 e. The van der Waals surface area contributed by atoms with Gasteiger partial charge in [-0.3, -0.25) is 4.79 Å². The molecule has 2 rings (SSSR count). The molecule has 0 radical (unpaired) electrons. The van der Waals surface area contributed by atoms with Gasteiger partial charge in [-0.05, 0) is 42.3 Å². The lowest BCUT2D eigenvalue weighted by atomic mass is 10.00. The Morgan fingerprint density at radius 3 is 2.35 bits per heavy atom. The van der Waals surface area contributed by atoms with Crippen molar-refractivity contribution < 1.29 is 4.79 Å². The Hall–Kier alpha value is -1.60. The number of aryl methyl sites for hydroxylation is 1. The average molecular weight is 245 g/mol. The van der Waals surface area contributed by atoms with Crippen LogP contribution in [0.2, 0.25) is 5.02 Å². The molecule has 0 saturated heterocycles. The van der Waals surface area contributed by atoms with Crippen LogP contribution >= 0.6 is 11.6 Å². The number of hydrogen-bond acceptors (Lipinski definition) is 1. The van der Waals surface area contributed by atoms with Gasteiger partial charge in [0.1, 0.15) is 0 Å². The fourth-order valence-corrected chi connectivity index (χ4v) is 1.85. The highest BCUT2D eigenvalue weighted by atomic mass is 35.5. The van der Waals surface area contributed by atoms with Crippen molar-refractivity contribution in [1.82, 2.24) is 0 Å². The molecule has 0 aliphatic rings. The number of halogens is 1. The molecule has 0 spiro atoms. The molecule has 0 bridgehead atoms. The Labute approximate surface area is 106 Å². The van der Waals surface area contributed by atoms with Crippen LogP contribution < -0.4 is 0 Å². The van der Waals surface area contributed by atoms with Gasteiger partial charge in [0, 0.05) is 17.0 Å². The first kappa shape index (κ1) is 11.9. The van der Waals surface area contributed by atoms with Crippen LogP contribution in [0.4, 0.5) is 0 Å². The predicted molar refractivity (Wildman–Crippen MR) is 70.7 cm³/mol. The Kier molecular flexibility index (Phi) is 3.60. The molecule has 0 aromatic heterocycles. The first-order valence-corrected chi connectivity index (χ1v) is 5.88. The van der Waals surface area contributed by atoms with E-state index in [4.69, 9.17) is 11.6 Å². The number of ketones is 1. The summed E-state index contributed by atoms with van der Waals surface area (Å²) in [6, 6.07) is 15.0. The lowest BCUT2D eigenvalue weighted by Gasteiger charge is -2.04. The number of carbonyl (C=O) groups is 1. The summed E-state index contributed by atoms with van der Waals surface area (Å²) < 4.78 is 0. The average Bonchev–Trinajstić information content (AvgIpc) is 2.33. The van der Waals surface area contributed by atoms with E-state index < -0.39 is 0 Å². The van der Waals surface area contributed by atoms with E-state index >= 15 is 0 Å². The highest BCUT2D eigenvalue weighted by Crippen LogP contribution is 2.14. The standard InChI is InChI=1S/C15H13ClO/c1-11-4-2-3-5-13(11)10-15(17)12-6-8-14(16)9-7-12/h2-9H,10H2,1H3. The maximum atomic E-state index is 12.0. The third-order valence-corrected chi connectivity index (χ3v) is 3.03. The SMILES string of the molecule is Cc1ccccc1CC(=O)c1ccc(Cl)cc1. The second-order valence-corrected chi connectivity index (χ2v) is 4.47. The molecule has 0 aliphatic heterocycles. The van der Waals surface area contributed by atoms with E-state index in [2.05, 4.69) is 0 Å². The molecular weight excluding hydrogens is 232 g/mol. The second-order valence-electron chi connectivity index (χ2n) is 4.03. The third-order valence-electron chi connectivity index (χ3n) is 2.78. The summed E-state index contributed by atoms with van der Waals surface area (Å²) in [6.45, 7) is 2.02. The highest BCUT2D eigenvalue weighted by Gasteiger charge is 2.08. The summed E-state index contributed by atoms with van der Waals surface area (Å²) in [5.74, 6) is 0.121. The van der Waals surface area contributed by atoms with Crippen LogP contribution in [0.5, 0.6) is 0 Å². The van der Waals surface area contributed by atoms with E-state index in [0.717, 1.165) is 11.1 Å². The quantitative estimate of drug-likeness (QED) is 0.744. The lowest BCUT2D eigenvalue weighted by Crippen LogP contribution is -2.04. The Bertz CT molecular complexity index is 529. The van der Waals surface area contributed by atoms with Gasteiger partial charge in [0.2, 0.25) is 0 Å².